The highest BCUT2D eigenvalue weighted by atomic mass is 19.2. The fourth-order valence-electron chi connectivity index (χ4n) is 1.70. The zero-order valence-corrected chi connectivity index (χ0v) is 9.16. The molecule has 1 aromatic rings. The van der Waals surface area contributed by atoms with E-state index >= 15 is 0 Å². The van der Waals surface area contributed by atoms with Crippen molar-refractivity contribution in [1.29, 1.82) is 0 Å². The first-order valence-corrected chi connectivity index (χ1v) is 5.37. The van der Waals surface area contributed by atoms with Crippen molar-refractivity contribution < 1.29 is 18.3 Å². The summed E-state index contributed by atoms with van der Waals surface area (Å²) in [6.45, 7) is 1.88. The van der Waals surface area contributed by atoms with Crippen LogP contribution in [0.3, 0.4) is 0 Å². The van der Waals surface area contributed by atoms with Crippen molar-refractivity contribution in [2.24, 2.45) is 0 Å². The minimum Gasteiger partial charge on any atom is -0.380 e. The smallest absolute Gasteiger partial charge is 0.257 e. The Labute approximate surface area is 97.2 Å². The molecule has 2 rings (SSSR count). The minimum atomic E-state index is -1.25. The molecule has 0 radical (unpaired) electrons. The Morgan fingerprint density at radius 3 is 3.00 bits per heavy atom. The average Bonchev–Trinajstić information content (AvgIpc) is 2.60. The molecular weight excluding hydrogens is 230 g/mol. The molecule has 1 fully saturated rings. The third kappa shape index (κ3) is 2.58. The minimum absolute atomic E-state index is 0.278. The first-order chi connectivity index (χ1) is 8.20. The van der Waals surface area contributed by atoms with Crippen LogP contribution in [0.4, 0.5) is 8.78 Å². The standard InChI is InChI=1S/C11H12F2N2O2/c12-9-8(2-3-14-10(9)13)11(16)15-4-1-6-17-7-5-15/h2-3H,1,4-7H2. The summed E-state index contributed by atoms with van der Waals surface area (Å²) in [6, 6.07) is 1.19. The van der Waals surface area contributed by atoms with Gasteiger partial charge in [0.05, 0.1) is 12.2 Å². The van der Waals surface area contributed by atoms with Crippen LogP contribution in [0.5, 0.6) is 0 Å². The Hall–Kier alpha value is -1.56. The summed E-state index contributed by atoms with van der Waals surface area (Å²) < 4.78 is 31.5. The molecule has 1 aliphatic rings. The van der Waals surface area contributed by atoms with Gasteiger partial charge in [0.25, 0.3) is 5.91 Å². The third-order valence-electron chi connectivity index (χ3n) is 2.59. The van der Waals surface area contributed by atoms with Gasteiger partial charge in [0, 0.05) is 25.9 Å². The van der Waals surface area contributed by atoms with Crippen LogP contribution in [0.1, 0.15) is 16.8 Å². The van der Waals surface area contributed by atoms with Crippen LogP contribution < -0.4 is 0 Å². The molecule has 0 atom stereocenters. The molecule has 0 N–H and O–H groups in total. The Morgan fingerprint density at radius 2 is 2.18 bits per heavy atom. The Morgan fingerprint density at radius 1 is 1.35 bits per heavy atom. The van der Waals surface area contributed by atoms with Crippen molar-refractivity contribution >= 4 is 5.91 Å². The number of amides is 1. The zero-order chi connectivity index (χ0) is 12.3. The van der Waals surface area contributed by atoms with E-state index in [2.05, 4.69) is 4.98 Å². The molecule has 1 aliphatic heterocycles. The highest BCUT2D eigenvalue weighted by molar-refractivity contribution is 5.94. The second-order valence-corrected chi connectivity index (χ2v) is 3.72. The number of halogens is 2. The van der Waals surface area contributed by atoms with Crippen molar-refractivity contribution in [1.82, 2.24) is 9.88 Å². The summed E-state index contributed by atoms with van der Waals surface area (Å²) in [5.74, 6) is -2.96. The van der Waals surface area contributed by atoms with E-state index < -0.39 is 17.7 Å². The molecule has 1 aromatic heterocycles. The second kappa shape index (κ2) is 5.18. The molecule has 1 saturated heterocycles. The predicted octanol–water partition coefficient (Wildman–Crippen LogP) is 1.22. The van der Waals surface area contributed by atoms with Gasteiger partial charge in [-0.15, -0.1) is 0 Å². The fourth-order valence-corrected chi connectivity index (χ4v) is 1.70. The lowest BCUT2D eigenvalue weighted by Gasteiger charge is -2.19. The van der Waals surface area contributed by atoms with Crippen LogP contribution in [0, 0.1) is 11.8 Å². The van der Waals surface area contributed by atoms with Crippen LogP contribution in [0.25, 0.3) is 0 Å². The summed E-state index contributed by atoms with van der Waals surface area (Å²) >= 11 is 0. The van der Waals surface area contributed by atoms with Crippen LogP contribution in [0.15, 0.2) is 12.3 Å². The highest BCUT2D eigenvalue weighted by Gasteiger charge is 2.22. The number of carbonyl (C=O) groups is 1. The SMILES string of the molecule is O=C(c1ccnc(F)c1F)N1CCCOCC1. The molecule has 0 aliphatic carbocycles. The number of hydrogen-bond acceptors (Lipinski definition) is 3. The van der Waals surface area contributed by atoms with Gasteiger partial charge in [-0.05, 0) is 12.5 Å². The first-order valence-electron chi connectivity index (χ1n) is 5.37. The zero-order valence-electron chi connectivity index (χ0n) is 9.16. The van der Waals surface area contributed by atoms with Gasteiger partial charge in [-0.1, -0.05) is 0 Å². The topological polar surface area (TPSA) is 42.4 Å². The molecule has 0 aromatic carbocycles. The van der Waals surface area contributed by atoms with Crippen LogP contribution in [0.2, 0.25) is 0 Å². The van der Waals surface area contributed by atoms with Crippen molar-refractivity contribution in [3.05, 3.63) is 29.6 Å². The molecule has 1 amide bonds. The van der Waals surface area contributed by atoms with Gasteiger partial charge in [-0.2, -0.15) is 4.39 Å². The molecule has 0 unspecified atom stereocenters. The van der Waals surface area contributed by atoms with Crippen molar-refractivity contribution in [3.63, 3.8) is 0 Å². The Kier molecular flexibility index (Phi) is 3.63. The van der Waals surface area contributed by atoms with Gasteiger partial charge < -0.3 is 9.64 Å². The average molecular weight is 242 g/mol. The third-order valence-corrected chi connectivity index (χ3v) is 2.59. The number of carbonyl (C=O) groups excluding carboxylic acids is 1. The van der Waals surface area contributed by atoms with E-state index in [1.54, 1.807) is 0 Å². The molecule has 92 valence electrons. The number of aromatic nitrogens is 1. The predicted molar refractivity (Wildman–Crippen MR) is 55.5 cm³/mol. The van der Waals surface area contributed by atoms with Crippen LogP contribution >= 0.6 is 0 Å². The summed E-state index contributed by atoms with van der Waals surface area (Å²) in [7, 11) is 0. The molecular formula is C11H12F2N2O2. The number of ether oxygens (including phenoxy) is 1. The van der Waals surface area contributed by atoms with E-state index in [4.69, 9.17) is 4.74 Å². The van der Waals surface area contributed by atoms with Gasteiger partial charge in [0.2, 0.25) is 5.95 Å². The monoisotopic (exact) mass is 242 g/mol. The molecule has 0 saturated carbocycles. The Balaban J connectivity index is 2.20. The van der Waals surface area contributed by atoms with Crippen LogP contribution in [-0.4, -0.2) is 42.1 Å². The maximum absolute atomic E-state index is 13.4. The fraction of sp³-hybridized carbons (Fsp3) is 0.455. The quantitative estimate of drug-likeness (QED) is 0.695. The van der Waals surface area contributed by atoms with E-state index in [0.29, 0.717) is 32.7 Å². The second-order valence-electron chi connectivity index (χ2n) is 3.72. The highest BCUT2D eigenvalue weighted by Crippen LogP contribution is 2.13. The number of hydrogen-bond donors (Lipinski definition) is 0. The van der Waals surface area contributed by atoms with E-state index in [1.807, 2.05) is 0 Å². The Bertz CT molecular complexity index is 418. The van der Waals surface area contributed by atoms with E-state index in [-0.39, 0.29) is 5.56 Å². The molecule has 0 spiro atoms. The lowest BCUT2D eigenvalue weighted by Crippen LogP contribution is -2.34. The summed E-state index contributed by atoms with van der Waals surface area (Å²) in [6.07, 6.45) is 1.78. The number of nitrogens with zero attached hydrogens (tertiary/aromatic N) is 2. The molecule has 2 heterocycles. The van der Waals surface area contributed by atoms with Crippen molar-refractivity contribution in [3.8, 4) is 0 Å². The first kappa shape index (κ1) is 11.9. The lowest BCUT2D eigenvalue weighted by molar-refractivity contribution is 0.0735. The molecule has 4 nitrogen and oxygen atoms in total. The maximum Gasteiger partial charge on any atom is 0.257 e. The van der Waals surface area contributed by atoms with E-state index in [1.165, 1.54) is 11.0 Å². The van der Waals surface area contributed by atoms with E-state index in [9.17, 15) is 13.6 Å². The lowest BCUT2D eigenvalue weighted by atomic mass is 10.2. The van der Waals surface area contributed by atoms with Gasteiger partial charge in [0.1, 0.15) is 0 Å². The van der Waals surface area contributed by atoms with E-state index in [0.717, 1.165) is 6.20 Å². The van der Waals surface area contributed by atoms with Gasteiger partial charge in [-0.25, -0.2) is 9.37 Å². The molecule has 6 heteroatoms. The summed E-state index contributed by atoms with van der Waals surface area (Å²) in [4.78, 5) is 16.6. The van der Waals surface area contributed by atoms with Crippen LogP contribution in [-0.2, 0) is 4.74 Å². The van der Waals surface area contributed by atoms with Crippen molar-refractivity contribution in [2.45, 2.75) is 6.42 Å². The summed E-state index contributed by atoms with van der Waals surface area (Å²) in [5, 5.41) is 0. The van der Waals surface area contributed by atoms with Gasteiger partial charge in [0.15, 0.2) is 5.82 Å². The molecule has 0 bridgehead atoms. The van der Waals surface area contributed by atoms with Gasteiger partial charge >= 0.3 is 0 Å². The largest absolute Gasteiger partial charge is 0.380 e. The summed E-state index contributed by atoms with van der Waals surface area (Å²) in [5.41, 5.74) is -0.278. The normalized spacial score (nSPS) is 16.7. The van der Waals surface area contributed by atoms with Gasteiger partial charge in [-0.3, -0.25) is 4.79 Å². The number of pyridine rings is 1. The maximum atomic E-state index is 13.4. The number of rotatable bonds is 1. The van der Waals surface area contributed by atoms with Crippen molar-refractivity contribution in [2.75, 3.05) is 26.3 Å². The molecule has 17 heavy (non-hydrogen) atoms.